The molecule has 2 rings (SSSR count). The summed E-state index contributed by atoms with van der Waals surface area (Å²) in [4.78, 5) is 0. The van der Waals surface area contributed by atoms with Gasteiger partial charge in [0.2, 0.25) is 0 Å². The lowest BCUT2D eigenvalue weighted by molar-refractivity contribution is -0.0807. The average Bonchev–Trinajstić information content (AvgIpc) is 2.59. The molecule has 1 aliphatic rings. The number of methoxy groups -OCH3 is 2. The van der Waals surface area contributed by atoms with Crippen LogP contribution < -0.4 is 4.74 Å². The summed E-state index contributed by atoms with van der Waals surface area (Å²) >= 11 is 0. The van der Waals surface area contributed by atoms with Crippen molar-refractivity contribution >= 4 is 0 Å². The Hall–Kier alpha value is -1.10. The zero-order chi connectivity index (χ0) is 17.4. The van der Waals surface area contributed by atoms with E-state index in [-0.39, 0.29) is 18.3 Å². The molecule has 0 saturated heterocycles. The van der Waals surface area contributed by atoms with E-state index in [1.54, 1.807) is 14.2 Å². The quantitative estimate of drug-likeness (QED) is 0.666. The van der Waals surface area contributed by atoms with Gasteiger partial charge in [-0.1, -0.05) is 31.5 Å². The van der Waals surface area contributed by atoms with Crippen LogP contribution in [0.25, 0.3) is 0 Å². The van der Waals surface area contributed by atoms with Gasteiger partial charge >= 0.3 is 0 Å². The third-order valence-electron chi connectivity index (χ3n) is 4.67. The Kier molecular flexibility index (Phi) is 8.03. The van der Waals surface area contributed by atoms with Crippen LogP contribution in [0.5, 0.6) is 5.75 Å². The van der Waals surface area contributed by atoms with Crippen LogP contribution in [0.1, 0.15) is 57.1 Å². The number of rotatable bonds is 9. The molecule has 3 unspecified atom stereocenters. The Labute approximate surface area is 146 Å². The van der Waals surface area contributed by atoms with Crippen molar-refractivity contribution in [3.8, 4) is 5.75 Å². The fourth-order valence-electron chi connectivity index (χ4n) is 3.23. The average molecular weight is 336 g/mol. The second-order valence-electron chi connectivity index (χ2n) is 6.61. The highest BCUT2D eigenvalue weighted by atomic mass is 16.5. The van der Waals surface area contributed by atoms with Crippen molar-refractivity contribution in [3.05, 3.63) is 29.3 Å². The van der Waals surface area contributed by atoms with Gasteiger partial charge in [0.1, 0.15) is 11.9 Å². The fourth-order valence-corrected chi connectivity index (χ4v) is 3.23. The summed E-state index contributed by atoms with van der Waals surface area (Å²) in [6.45, 7) is 5.38. The van der Waals surface area contributed by atoms with E-state index in [9.17, 15) is 0 Å². The van der Waals surface area contributed by atoms with Gasteiger partial charge in [-0.3, -0.25) is 0 Å². The second-order valence-corrected chi connectivity index (χ2v) is 6.61. The van der Waals surface area contributed by atoms with Crippen LogP contribution in [0.3, 0.4) is 0 Å². The van der Waals surface area contributed by atoms with Gasteiger partial charge in [0.25, 0.3) is 0 Å². The first-order valence-corrected chi connectivity index (χ1v) is 9.10. The third kappa shape index (κ3) is 5.20. The molecule has 1 aliphatic carbocycles. The molecule has 0 amide bonds. The van der Waals surface area contributed by atoms with Crippen LogP contribution in [-0.2, 0) is 27.4 Å². The number of hydrogen-bond donors (Lipinski definition) is 0. The molecular formula is C20H32O4. The molecule has 0 aromatic heterocycles. The summed E-state index contributed by atoms with van der Waals surface area (Å²) < 4.78 is 23.4. The molecule has 24 heavy (non-hydrogen) atoms. The van der Waals surface area contributed by atoms with Crippen molar-refractivity contribution in [1.29, 1.82) is 0 Å². The van der Waals surface area contributed by atoms with Crippen LogP contribution in [0.4, 0.5) is 0 Å². The van der Waals surface area contributed by atoms with E-state index < -0.39 is 0 Å². The highest BCUT2D eigenvalue weighted by molar-refractivity contribution is 5.41. The van der Waals surface area contributed by atoms with Crippen molar-refractivity contribution in [3.63, 3.8) is 0 Å². The largest absolute Gasteiger partial charge is 0.487 e. The van der Waals surface area contributed by atoms with Crippen LogP contribution in [0.2, 0.25) is 0 Å². The van der Waals surface area contributed by atoms with Gasteiger partial charge in [-0.05, 0) is 32.6 Å². The zero-order valence-electron chi connectivity index (χ0n) is 15.5. The maximum atomic E-state index is 6.50. The van der Waals surface area contributed by atoms with E-state index in [0.717, 1.165) is 36.1 Å². The Morgan fingerprint density at radius 2 is 1.58 bits per heavy atom. The van der Waals surface area contributed by atoms with Gasteiger partial charge in [-0.2, -0.15) is 0 Å². The van der Waals surface area contributed by atoms with Crippen LogP contribution >= 0.6 is 0 Å². The van der Waals surface area contributed by atoms with Gasteiger partial charge < -0.3 is 18.9 Å². The lowest BCUT2D eigenvalue weighted by Crippen LogP contribution is -2.39. The highest BCUT2D eigenvalue weighted by Gasteiger charge is 2.30. The summed E-state index contributed by atoms with van der Waals surface area (Å²) in [6, 6.07) is 6.15. The van der Waals surface area contributed by atoms with Gasteiger partial charge in [-0.15, -0.1) is 0 Å². The normalized spacial score (nSPS) is 22.3. The van der Waals surface area contributed by atoms with E-state index >= 15 is 0 Å². The van der Waals surface area contributed by atoms with Crippen molar-refractivity contribution < 1.29 is 18.9 Å². The maximum absolute atomic E-state index is 6.50. The van der Waals surface area contributed by atoms with Crippen molar-refractivity contribution in [1.82, 2.24) is 0 Å². The molecule has 0 aliphatic heterocycles. The minimum atomic E-state index is 0.0985. The fraction of sp³-hybridized carbons (Fsp3) is 0.700. The summed E-state index contributed by atoms with van der Waals surface area (Å²) in [6.07, 6.45) is 6.07. The monoisotopic (exact) mass is 336 g/mol. The first kappa shape index (κ1) is 19.2. The highest BCUT2D eigenvalue weighted by Crippen LogP contribution is 2.32. The molecule has 1 saturated carbocycles. The Bertz CT molecular complexity index is 464. The predicted octanol–water partition coefficient (Wildman–Crippen LogP) is 4.48. The second kappa shape index (κ2) is 10.0. The summed E-state index contributed by atoms with van der Waals surface area (Å²) in [5.74, 6) is 0.908. The summed E-state index contributed by atoms with van der Waals surface area (Å²) in [7, 11) is 3.42. The first-order valence-electron chi connectivity index (χ1n) is 9.10. The van der Waals surface area contributed by atoms with Gasteiger partial charge in [0.05, 0.1) is 25.4 Å². The minimum Gasteiger partial charge on any atom is -0.487 e. The molecule has 3 atom stereocenters. The standard InChI is InChI=1S/C20H32O4/c1-5-15(2)23-18-11-6-7-12-19(18)24-20-16(13-21-3)9-8-10-17(20)14-22-4/h8-10,15,18-19H,5-7,11-14H2,1-4H3. The van der Waals surface area contributed by atoms with Crippen LogP contribution in [0, 0.1) is 0 Å². The Morgan fingerprint density at radius 1 is 1.00 bits per heavy atom. The number of ether oxygens (including phenoxy) is 4. The summed E-state index contributed by atoms with van der Waals surface area (Å²) in [5.41, 5.74) is 2.14. The Balaban J connectivity index is 2.19. The molecule has 0 radical (unpaired) electrons. The van der Waals surface area contributed by atoms with Crippen molar-refractivity contribution in [2.75, 3.05) is 14.2 Å². The van der Waals surface area contributed by atoms with Crippen LogP contribution in [-0.4, -0.2) is 32.5 Å². The van der Waals surface area contributed by atoms with E-state index in [0.29, 0.717) is 13.2 Å². The first-order chi connectivity index (χ1) is 11.7. The summed E-state index contributed by atoms with van der Waals surface area (Å²) in [5, 5.41) is 0. The van der Waals surface area contributed by atoms with E-state index in [1.807, 2.05) is 6.07 Å². The molecule has 1 fully saturated rings. The lowest BCUT2D eigenvalue weighted by atomic mass is 9.94. The Morgan fingerprint density at radius 3 is 2.12 bits per heavy atom. The van der Waals surface area contributed by atoms with Crippen molar-refractivity contribution in [2.45, 2.75) is 77.5 Å². The smallest absolute Gasteiger partial charge is 0.130 e. The van der Waals surface area contributed by atoms with Gasteiger partial charge in [-0.25, -0.2) is 0 Å². The molecule has 1 aromatic rings. The SMILES string of the molecule is CCC(C)OC1CCCCC1Oc1c(COC)cccc1COC. The lowest BCUT2D eigenvalue weighted by Gasteiger charge is -2.34. The predicted molar refractivity (Wildman–Crippen MR) is 95.4 cm³/mol. The molecule has 1 aromatic carbocycles. The van der Waals surface area contributed by atoms with Crippen LogP contribution in [0.15, 0.2) is 18.2 Å². The van der Waals surface area contributed by atoms with E-state index in [4.69, 9.17) is 18.9 Å². The molecule has 0 heterocycles. The number of benzene rings is 1. The molecule has 4 heteroatoms. The molecule has 4 nitrogen and oxygen atoms in total. The van der Waals surface area contributed by atoms with E-state index in [1.165, 1.54) is 12.8 Å². The minimum absolute atomic E-state index is 0.0985. The van der Waals surface area contributed by atoms with Crippen molar-refractivity contribution in [2.24, 2.45) is 0 Å². The molecule has 0 N–H and O–H groups in total. The third-order valence-corrected chi connectivity index (χ3v) is 4.67. The molecule has 0 spiro atoms. The van der Waals surface area contributed by atoms with E-state index in [2.05, 4.69) is 26.0 Å². The zero-order valence-corrected chi connectivity index (χ0v) is 15.5. The number of para-hydroxylation sites is 1. The maximum Gasteiger partial charge on any atom is 0.130 e. The van der Waals surface area contributed by atoms with Gasteiger partial charge in [0.15, 0.2) is 0 Å². The topological polar surface area (TPSA) is 36.9 Å². The molecular weight excluding hydrogens is 304 g/mol. The van der Waals surface area contributed by atoms with Gasteiger partial charge in [0, 0.05) is 25.3 Å². The number of hydrogen-bond acceptors (Lipinski definition) is 4. The molecule has 136 valence electrons. The molecule has 0 bridgehead atoms.